The Kier molecular flexibility index (Phi) is 5.57. The van der Waals surface area contributed by atoms with Gasteiger partial charge in [-0.2, -0.15) is 5.90 Å². The van der Waals surface area contributed by atoms with Crippen LogP contribution in [0.3, 0.4) is 0 Å². The Morgan fingerprint density at radius 3 is 2.00 bits per heavy atom. The van der Waals surface area contributed by atoms with E-state index in [1.165, 1.54) is 7.11 Å². The second-order valence-corrected chi connectivity index (χ2v) is 5.09. The van der Waals surface area contributed by atoms with Crippen LogP contribution in [0.25, 0.3) is 0 Å². The van der Waals surface area contributed by atoms with Crippen molar-refractivity contribution in [1.82, 2.24) is 0 Å². The van der Waals surface area contributed by atoms with Crippen molar-refractivity contribution in [3.05, 3.63) is 0 Å². The van der Waals surface area contributed by atoms with Crippen molar-refractivity contribution in [3.63, 3.8) is 0 Å². The highest BCUT2D eigenvalue weighted by atomic mass is 16.7. The number of carbonyl (C=O) groups excluding carboxylic acids is 1. The molecule has 0 saturated carbocycles. The largest absolute Gasteiger partial charge is 0.481 e. The third kappa shape index (κ3) is 3.98. The lowest BCUT2D eigenvalue weighted by Gasteiger charge is -2.34. The SMILES string of the molecule is COC(C)C(C(=O)O)C(C(=O)ON)C(C)(C)C. The van der Waals surface area contributed by atoms with Crippen molar-refractivity contribution >= 4 is 11.9 Å². The average molecular weight is 247 g/mol. The number of carboxylic acids is 1. The highest BCUT2D eigenvalue weighted by molar-refractivity contribution is 5.82. The summed E-state index contributed by atoms with van der Waals surface area (Å²) in [7, 11) is 1.40. The van der Waals surface area contributed by atoms with Crippen LogP contribution in [0.2, 0.25) is 0 Å². The molecule has 0 aromatic carbocycles. The van der Waals surface area contributed by atoms with Gasteiger partial charge in [0, 0.05) is 7.11 Å². The number of aliphatic carboxylic acids is 1. The molecular weight excluding hydrogens is 226 g/mol. The summed E-state index contributed by atoms with van der Waals surface area (Å²) in [6, 6.07) is 0. The molecule has 0 spiro atoms. The molecule has 0 rings (SSSR count). The quantitative estimate of drug-likeness (QED) is 0.697. The van der Waals surface area contributed by atoms with Crippen LogP contribution >= 0.6 is 0 Å². The van der Waals surface area contributed by atoms with Gasteiger partial charge in [-0.25, -0.2) is 0 Å². The third-order valence-electron chi connectivity index (χ3n) is 2.82. The molecule has 0 heterocycles. The van der Waals surface area contributed by atoms with Gasteiger partial charge in [-0.05, 0) is 12.3 Å². The lowest BCUT2D eigenvalue weighted by Crippen LogP contribution is -2.45. The summed E-state index contributed by atoms with van der Waals surface area (Å²) in [6.45, 7) is 6.87. The Morgan fingerprint density at radius 1 is 1.29 bits per heavy atom. The van der Waals surface area contributed by atoms with E-state index in [9.17, 15) is 14.7 Å². The summed E-state index contributed by atoms with van der Waals surface area (Å²) >= 11 is 0. The molecule has 0 radical (unpaired) electrons. The molecule has 0 saturated heterocycles. The topological polar surface area (TPSA) is 98.8 Å². The summed E-state index contributed by atoms with van der Waals surface area (Å²) in [4.78, 5) is 27.1. The number of nitrogens with two attached hydrogens (primary N) is 1. The molecule has 3 N–H and O–H groups in total. The highest BCUT2D eigenvalue weighted by Gasteiger charge is 2.45. The molecule has 0 bridgehead atoms. The molecule has 0 amide bonds. The van der Waals surface area contributed by atoms with Crippen LogP contribution in [0.5, 0.6) is 0 Å². The molecule has 0 aliphatic heterocycles. The predicted molar refractivity (Wildman–Crippen MR) is 60.8 cm³/mol. The van der Waals surface area contributed by atoms with Gasteiger partial charge in [0.15, 0.2) is 0 Å². The molecule has 0 aromatic heterocycles. The van der Waals surface area contributed by atoms with Crippen LogP contribution in [-0.2, 0) is 19.2 Å². The summed E-state index contributed by atoms with van der Waals surface area (Å²) in [5.74, 6) is 1.14. The molecule has 6 heteroatoms. The van der Waals surface area contributed by atoms with Crippen molar-refractivity contribution in [3.8, 4) is 0 Å². The van der Waals surface area contributed by atoms with E-state index in [2.05, 4.69) is 4.84 Å². The summed E-state index contributed by atoms with van der Waals surface area (Å²) in [6.07, 6.45) is -0.615. The lowest BCUT2D eigenvalue weighted by atomic mass is 9.71. The van der Waals surface area contributed by atoms with Crippen molar-refractivity contribution in [2.24, 2.45) is 23.1 Å². The van der Waals surface area contributed by atoms with Crippen LogP contribution in [0.15, 0.2) is 0 Å². The first kappa shape index (κ1) is 15.9. The zero-order chi connectivity index (χ0) is 13.8. The minimum absolute atomic E-state index is 0.591. The van der Waals surface area contributed by atoms with Crippen molar-refractivity contribution in [1.29, 1.82) is 0 Å². The van der Waals surface area contributed by atoms with E-state index in [0.29, 0.717) is 0 Å². The maximum atomic E-state index is 11.7. The molecule has 100 valence electrons. The van der Waals surface area contributed by atoms with E-state index < -0.39 is 35.3 Å². The smallest absolute Gasteiger partial charge is 0.328 e. The minimum Gasteiger partial charge on any atom is -0.481 e. The van der Waals surface area contributed by atoms with Gasteiger partial charge in [0.1, 0.15) is 0 Å². The zero-order valence-electron chi connectivity index (χ0n) is 10.9. The zero-order valence-corrected chi connectivity index (χ0v) is 10.9. The van der Waals surface area contributed by atoms with E-state index in [0.717, 1.165) is 0 Å². The van der Waals surface area contributed by atoms with E-state index in [1.807, 2.05) is 0 Å². The van der Waals surface area contributed by atoms with E-state index in [-0.39, 0.29) is 0 Å². The lowest BCUT2D eigenvalue weighted by molar-refractivity contribution is -0.168. The minimum atomic E-state index is -1.11. The number of hydrogen-bond donors (Lipinski definition) is 2. The summed E-state index contributed by atoms with van der Waals surface area (Å²) in [5.41, 5.74) is -0.591. The number of ether oxygens (including phenoxy) is 1. The molecular formula is C11H21NO5. The van der Waals surface area contributed by atoms with Gasteiger partial charge in [0.2, 0.25) is 0 Å². The van der Waals surface area contributed by atoms with Gasteiger partial charge in [-0.1, -0.05) is 20.8 Å². The van der Waals surface area contributed by atoms with Crippen LogP contribution in [0, 0.1) is 17.3 Å². The van der Waals surface area contributed by atoms with Gasteiger partial charge in [0.05, 0.1) is 17.9 Å². The average Bonchev–Trinajstić information content (AvgIpc) is 2.21. The highest BCUT2D eigenvalue weighted by Crippen LogP contribution is 2.35. The normalized spacial score (nSPS) is 17.1. The molecule has 0 aromatic rings. The molecule has 3 atom stereocenters. The maximum absolute atomic E-state index is 11.7. The second-order valence-electron chi connectivity index (χ2n) is 5.09. The Balaban J connectivity index is 5.38. The Hall–Kier alpha value is -1.14. The molecule has 0 aliphatic rings. The Labute approximate surface area is 101 Å². The van der Waals surface area contributed by atoms with Crippen LogP contribution < -0.4 is 5.90 Å². The number of rotatable bonds is 5. The van der Waals surface area contributed by atoms with Crippen molar-refractivity contribution in [2.45, 2.75) is 33.8 Å². The fourth-order valence-electron chi connectivity index (χ4n) is 1.87. The first-order valence-corrected chi connectivity index (χ1v) is 5.33. The number of carboxylic acid groups (broad SMARTS) is 1. The number of methoxy groups -OCH3 is 1. The van der Waals surface area contributed by atoms with Gasteiger partial charge in [-0.15, -0.1) is 0 Å². The maximum Gasteiger partial charge on any atom is 0.328 e. The fraction of sp³-hybridized carbons (Fsp3) is 0.818. The first-order valence-electron chi connectivity index (χ1n) is 5.33. The van der Waals surface area contributed by atoms with Gasteiger partial charge in [0.25, 0.3) is 0 Å². The molecule has 6 nitrogen and oxygen atoms in total. The Bertz CT molecular complexity index is 284. The van der Waals surface area contributed by atoms with Gasteiger partial charge >= 0.3 is 11.9 Å². The van der Waals surface area contributed by atoms with Crippen LogP contribution in [-0.4, -0.2) is 30.3 Å². The first-order chi connectivity index (χ1) is 7.66. The Morgan fingerprint density at radius 2 is 1.76 bits per heavy atom. The van der Waals surface area contributed by atoms with Crippen LogP contribution in [0.4, 0.5) is 0 Å². The number of carbonyl (C=O) groups is 2. The van der Waals surface area contributed by atoms with Crippen molar-refractivity contribution < 1.29 is 24.3 Å². The predicted octanol–water partition coefficient (Wildman–Crippen LogP) is 0.801. The van der Waals surface area contributed by atoms with Gasteiger partial charge in [-0.3, -0.25) is 9.59 Å². The monoisotopic (exact) mass is 247 g/mol. The summed E-state index contributed by atoms with van der Waals surface area (Å²) < 4.78 is 5.01. The standard InChI is InChI=1S/C11H21NO5/c1-6(16-5)7(9(13)14)8(10(15)17-12)11(2,3)4/h6-8H,12H2,1-5H3,(H,13,14). The van der Waals surface area contributed by atoms with Crippen LogP contribution in [0.1, 0.15) is 27.7 Å². The van der Waals surface area contributed by atoms with E-state index in [1.54, 1.807) is 27.7 Å². The number of hydrogen-bond acceptors (Lipinski definition) is 5. The molecule has 0 aliphatic carbocycles. The molecule has 17 heavy (non-hydrogen) atoms. The van der Waals surface area contributed by atoms with Gasteiger partial charge < -0.3 is 14.7 Å². The van der Waals surface area contributed by atoms with E-state index >= 15 is 0 Å². The fourth-order valence-corrected chi connectivity index (χ4v) is 1.87. The van der Waals surface area contributed by atoms with E-state index in [4.69, 9.17) is 10.6 Å². The van der Waals surface area contributed by atoms with Crippen molar-refractivity contribution in [2.75, 3.05) is 7.11 Å². The summed E-state index contributed by atoms with van der Waals surface area (Å²) in [5, 5.41) is 9.22. The molecule has 3 unspecified atom stereocenters. The third-order valence-corrected chi connectivity index (χ3v) is 2.82. The molecule has 0 fully saturated rings. The second kappa shape index (κ2) is 5.97.